The third kappa shape index (κ3) is 2.67. The Labute approximate surface area is 99.1 Å². The molecule has 1 rings (SSSR count). The van der Waals surface area contributed by atoms with Crippen molar-refractivity contribution in [2.24, 2.45) is 12.8 Å². The third-order valence-corrected chi connectivity index (χ3v) is 4.24. The fraction of sp³-hybridized carbons (Fsp3) is 0.571. The molecule has 0 radical (unpaired) electrons. The Balaban J connectivity index is 2.95. The van der Waals surface area contributed by atoms with Crippen LogP contribution in [0.1, 0.15) is 13.3 Å². The minimum absolute atomic E-state index is 0.0582. The number of thiocarbonyl (C=S) groups is 1. The van der Waals surface area contributed by atoms with Crippen LogP contribution in [0.5, 0.6) is 0 Å². The molecule has 1 unspecified atom stereocenters. The zero-order valence-corrected chi connectivity index (χ0v) is 10.5. The zero-order chi connectivity index (χ0) is 12.3. The molecule has 0 amide bonds. The van der Waals surface area contributed by atoms with Crippen LogP contribution in [-0.2, 0) is 17.1 Å². The van der Waals surface area contributed by atoms with Gasteiger partial charge in [0.1, 0.15) is 11.6 Å². The van der Waals surface area contributed by atoms with Gasteiger partial charge in [0, 0.05) is 7.05 Å². The van der Waals surface area contributed by atoms with Crippen LogP contribution in [0.15, 0.2) is 6.33 Å². The molecule has 0 aliphatic heterocycles. The van der Waals surface area contributed by atoms with Crippen molar-refractivity contribution in [1.82, 2.24) is 14.8 Å². The van der Waals surface area contributed by atoms with Crippen molar-refractivity contribution in [2.45, 2.75) is 18.6 Å². The molecular formula is C7H13N5O2S2. The number of aryl methyl sites for hydroxylation is 1. The topological polar surface area (TPSA) is 103 Å². The molecule has 1 atom stereocenters. The lowest BCUT2D eigenvalue weighted by Crippen LogP contribution is -2.38. The van der Waals surface area contributed by atoms with Gasteiger partial charge in [-0.3, -0.25) is 4.72 Å². The van der Waals surface area contributed by atoms with Gasteiger partial charge in [0.05, 0.1) is 4.99 Å². The molecule has 16 heavy (non-hydrogen) atoms. The highest BCUT2D eigenvalue weighted by molar-refractivity contribution is 7.95. The van der Waals surface area contributed by atoms with Crippen molar-refractivity contribution < 1.29 is 8.42 Å². The molecule has 0 bridgehead atoms. The number of hydrogen-bond donors (Lipinski definition) is 2. The summed E-state index contributed by atoms with van der Waals surface area (Å²) >= 11 is 4.71. The number of rotatable bonds is 5. The quantitative estimate of drug-likeness (QED) is 0.702. The molecule has 0 saturated carbocycles. The van der Waals surface area contributed by atoms with Crippen LogP contribution in [0.25, 0.3) is 0 Å². The van der Waals surface area contributed by atoms with E-state index in [1.54, 1.807) is 14.0 Å². The largest absolute Gasteiger partial charge is 0.392 e. The van der Waals surface area contributed by atoms with Crippen LogP contribution in [0.3, 0.4) is 0 Å². The van der Waals surface area contributed by atoms with E-state index in [0.29, 0.717) is 6.42 Å². The van der Waals surface area contributed by atoms with Gasteiger partial charge in [0.2, 0.25) is 16.0 Å². The minimum atomic E-state index is -3.66. The molecule has 0 saturated heterocycles. The van der Waals surface area contributed by atoms with Crippen molar-refractivity contribution in [3.8, 4) is 0 Å². The highest BCUT2D eigenvalue weighted by Crippen LogP contribution is 2.10. The number of hydrogen-bond acceptors (Lipinski definition) is 5. The summed E-state index contributed by atoms with van der Waals surface area (Å²) in [5.74, 6) is 0.134. The Morgan fingerprint density at radius 1 is 1.75 bits per heavy atom. The fourth-order valence-electron chi connectivity index (χ4n) is 1.16. The van der Waals surface area contributed by atoms with Gasteiger partial charge in [-0.25, -0.2) is 13.1 Å². The number of aromatic nitrogens is 3. The first-order valence-electron chi connectivity index (χ1n) is 4.53. The molecule has 0 aromatic carbocycles. The summed E-state index contributed by atoms with van der Waals surface area (Å²) in [7, 11) is -2.08. The van der Waals surface area contributed by atoms with Crippen LogP contribution in [-0.4, -0.2) is 33.4 Å². The van der Waals surface area contributed by atoms with E-state index in [4.69, 9.17) is 18.0 Å². The molecule has 0 fully saturated rings. The van der Waals surface area contributed by atoms with Crippen LogP contribution in [0.4, 0.5) is 5.95 Å². The molecule has 0 aliphatic carbocycles. The lowest BCUT2D eigenvalue weighted by atomic mass is 10.3. The van der Waals surface area contributed by atoms with Crippen molar-refractivity contribution >= 4 is 33.2 Å². The normalized spacial score (nSPS) is 13.4. The molecular weight excluding hydrogens is 250 g/mol. The number of nitrogens with zero attached hydrogens (tertiary/aromatic N) is 3. The second-order valence-electron chi connectivity index (χ2n) is 3.15. The number of nitrogens with one attached hydrogen (secondary N) is 1. The predicted octanol–water partition coefficient (Wildman–Crippen LogP) is -0.378. The first kappa shape index (κ1) is 12.8. The van der Waals surface area contributed by atoms with Crippen molar-refractivity contribution in [3.63, 3.8) is 0 Å². The van der Waals surface area contributed by atoms with E-state index in [2.05, 4.69) is 14.8 Å². The highest BCUT2D eigenvalue weighted by Gasteiger charge is 2.27. The van der Waals surface area contributed by atoms with E-state index in [1.165, 1.54) is 11.0 Å². The van der Waals surface area contributed by atoms with E-state index in [1.807, 2.05) is 0 Å². The van der Waals surface area contributed by atoms with E-state index < -0.39 is 15.3 Å². The van der Waals surface area contributed by atoms with Crippen LogP contribution >= 0.6 is 12.2 Å². The van der Waals surface area contributed by atoms with E-state index in [9.17, 15) is 8.42 Å². The molecule has 1 aromatic rings. The summed E-state index contributed by atoms with van der Waals surface area (Å²) < 4.78 is 27.3. The summed E-state index contributed by atoms with van der Waals surface area (Å²) in [6, 6.07) is 0. The Hall–Kier alpha value is -1.22. The van der Waals surface area contributed by atoms with Crippen LogP contribution in [0.2, 0.25) is 0 Å². The monoisotopic (exact) mass is 263 g/mol. The first-order chi connectivity index (χ1) is 7.38. The second-order valence-corrected chi connectivity index (χ2v) is 5.49. The van der Waals surface area contributed by atoms with Gasteiger partial charge in [0.25, 0.3) is 0 Å². The van der Waals surface area contributed by atoms with E-state index >= 15 is 0 Å². The van der Waals surface area contributed by atoms with Crippen molar-refractivity contribution in [3.05, 3.63) is 6.33 Å². The summed E-state index contributed by atoms with van der Waals surface area (Å²) in [5, 5.41) is 2.84. The molecule has 7 nitrogen and oxygen atoms in total. The van der Waals surface area contributed by atoms with Gasteiger partial charge in [-0.15, -0.1) is 0 Å². The lowest BCUT2D eigenvalue weighted by Gasteiger charge is -2.14. The SMILES string of the molecule is CCC(C(N)=S)S(=O)(=O)Nc1ncnn1C. The average Bonchev–Trinajstić information content (AvgIpc) is 2.50. The van der Waals surface area contributed by atoms with Gasteiger partial charge in [-0.05, 0) is 6.42 Å². The van der Waals surface area contributed by atoms with Gasteiger partial charge < -0.3 is 5.73 Å². The summed E-state index contributed by atoms with van der Waals surface area (Å²) in [6.07, 6.45) is 1.56. The zero-order valence-electron chi connectivity index (χ0n) is 8.91. The maximum Gasteiger partial charge on any atom is 0.244 e. The molecule has 0 spiro atoms. The molecule has 9 heteroatoms. The highest BCUT2D eigenvalue weighted by atomic mass is 32.2. The van der Waals surface area contributed by atoms with Crippen molar-refractivity contribution in [1.29, 1.82) is 0 Å². The predicted molar refractivity (Wildman–Crippen MR) is 64.4 cm³/mol. The smallest absolute Gasteiger partial charge is 0.244 e. The Morgan fingerprint density at radius 2 is 2.38 bits per heavy atom. The van der Waals surface area contributed by atoms with Gasteiger partial charge in [0.15, 0.2) is 0 Å². The molecule has 3 N–H and O–H groups in total. The number of anilines is 1. The average molecular weight is 263 g/mol. The Morgan fingerprint density at radius 3 is 2.75 bits per heavy atom. The maximum atomic E-state index is 11.9. The van der Waals surface area contributed by atoms with Gasteiger partial charge in [-0.2, -0.15) is 10.1 Å². The number of nitrogens with two attached hydrogens (primary N) is 1. The van der Waals surface area contributed by atoms with Crippen LogP contribution < -0.4 is 10.5 Å². The minimum Gasteiger partial charge on any atom is -0.392 e. The second kappa shape index (κ2) is 4.74. The van der Waals surface area contributed by atoms with Crippen molar-refractivity contribution in [2.75, 3.05) is 4.72 Å². The third-order valence-electron chi connectivity index (χ3n) is 2.01. The fourth-order valence-corrected chi connectivity index (χ4v) is 3.03. The van der Waals surface area contributed by atoms with E-state index in [-0.39, 0.29) is 10.9 Å². The molecule has 1 heterocycles. The number of sulfonamides is 1. The standard InChI is InChI=1S/C7H13N5O2S2/c1-3-5(6(8)15)16(13,14)11-7-9-4-10-12(7)2/h4-5H,3H2,1-2H3,(H2,8,15)(H,9,10,11). The first-order valence-corrected chi connectivity index (χ1v) is 6.49. The lowest BCUT2D eigenvalue weighted by molar-refractivity contribution is 0.593. The Bertz CT molecular complexity index is 481. The van der Waals surface area contributed by atoms with Gasteiger partial charge in [-0.1, -0.05) is 19.1 Å². The maximum absolute atomic E-state index is 11.9. The molecule has 90 valence electrons. The summed E-state index contributed by atoms with van der Waals surface area (Å²) in [5.41, 5.74) is 5.37. The molecule has 1 aromatic heterocycles. The molecule has 0 aliphatic rings. The summed E-state index contributed by atoms with van der Waals surface area (Å²) in [4.78, 5) is 3.70. The van der Waals surface area contributed by atoms with Gasteiger partial charge >= 0.3 is 0 Å². The van der Waals surface area contributed by atoms with Crippen LogP contribution in [0, 0.1) is 0 Å². The van der Waals surface area contributed by atoms with E-state index in [0.717, 1.165) is 0 Å². The Kier molecular flexibility index (Phi) is 3.81. The summed E-state index contributed by atoms with van der Waals surface area (Å²) in [6.45, 7) is 1.69.